The van der Waals surface area contributed by atoms with E-state index in [0.717, 1.165) is 0 Å². The van der Waals surface area contributed by atoms with Gasteiger partial charge in [-0.2, -0.15) is 0 Å². The Morgan fingerprint density at radius 3 is 0.545 bits per heavy atom. The van der Waals surface area contributed by atoms with Crippen LogP contribution in [0.2, 0.25) is 0 Å². The van der Waals surface area contributed by atoms with Gasteiger partial charge in [-0.05, 0) is 0 Å². The maximum Gasteiger partial charge on any atom is 2.00 e. The van der Waals surface area contributed by atoms with E-state index in [2.05, 4.69) is 0 Å². The zero-order chi connectivity index (χ0) is 8.12. The van der Waals surface area contributed by atoms with E-state index in [1.54, 1.807) is 0 Å². The third-order valence-electron chi connectivity index (χ3n) is 0. The van der Waals surface area contributed by atoms with E-state index in [9.17, 15) is 0 Å². The van der Waals surface area contributed by atoms with Crippen molar-refractivity contribution in [2.75, 3.05) is 0 Å². The summed E-state index contributed by atoms with van der Waals surface area (Å²) in [6.45, 7) is 0. The van der Waals surface area contributed by atoms with Gasteiger partial charge in [-0.15, -0.1) is 0 Å². The summed E-state index contributed by atoms with van der Waals surface area (Å²) in [5, 5.41) is 0. The minimum Gasteiger partial charge on any atom is -0.373 e. The summed E-state index contributed by atoms with van der Waals surface area (Å²) in [4.78, 5) is 4.50. The van der Waals surface area contributed by atoms with Crippen LogP contribution < -0.4 is 68.9 Å². The summed E-state index contributed by atoms with van der Waals surface area (Å²) in [5.41, 5.74) is 40.5. The molecule has 0 aromatic rings. The van der Waals surface area contributed by atoms with Crippen LogP contribution in [0.4, 0.5) is 0 Å². The minimum atomic E-state index is 0. The number of hydrogen-bond donors (Lipinski definition) is 0. The average molecular weight is 347 g/mol. The van der Waals surface area contributed by atoms with Crippen molar-refractivity contribution in [2.24, 2.45) is 0 Å². The Kier molecular flexibility index (Phi) is 168. The smallest absolute Gasteiger partial charge is 0.373 e. The van der Waals surface area contributed by atoms with Crippen LogP contribution in [0.25, 0.3) is 47.9 Å². The van der Waals surface area contributed by atoms with Gasteiger partial charge in [0.15, 0.2) is 0 Å². The molecule has 0 amide bonds. The zero-order valence-electron chi connectivity index (χ0n) is 5.73. The maximum absolute atomic E-state index is 6.75. The van der Waals surface area contributed by atoms with E-state index < -0.39 is 0 Å². The molecule has 9 nitrogen and oxygen atoms in total. The summed E-state index contributed by atoms with van der Waals surface area (Å²) >= 11 is 0. The van der Waals surface area contributed by atoms with E-state index >= 15 is 0 Å². The molecule has 0 aromatic carbocycles. The van der Waals surface area contributed by atoms with Gasteiger partial charge in [-0.1, -0.05) is 0 Å². The standard InChI is InChI=1S/Cs.3N3.Sr/c;3*1-3-2;/q+1;3*-1;+2. The molecule has 0 aliphatic heterocycles. The summed E-state index contributed by atoms with van der Waals surface area (Å²) in [6, 6.07) is 0. The SMILES string of the molecule is [Cs+].[N-]=[N+]=[N-].[N-]=[N+]=[N-].[N-]=[N+]=[N-].[Sr+2]. The van der Waals surface area contributed by atoms with Crippen molar-refractivity contribution >= 4 is 45.5 Å². The molecule has 0 rings (SSSR count). The van der Waals surface area contributed by atoms with Crippen molar-refractivity contribution in [2.45, 2.75) is 0 Å². The molecule has 0 unspecified atom stereocenters. The third-order valence-corrected chi connectivity index (χ3v) is 0. The molecule has 0 spiro atoms. The number of hydrogen-bond acceptors (Lipinski definition) is 0. The molecule has 0 aliphatic rings. The van der Waals surface area contributed by atoms with Crippen LogP contribution in [0.5, 0.6) is 0 Å². The number of nitrogens with zero attached hydrogens (tertiary/aromatic N) is 9. The van der Waals surface area contributed by atoms with Gasteiger partial charge in [0.2, 0.25) is 0 Å². The quantitative estimate of drug-likeness (QED) is 0.231. The van der Waals surface area contributed by atoms with Crippen LogP contribution >= 0.6 is 0 Å². The molecule has 11 heteroatoms. The Hall–Kier alpha value is 1.46. The molecular formula is CsN9Sr. The predicted octanol–water partition coefficient (Wildman–Crippen LogP) is -0.779. The van der Waals surface area contributed by atoms with Crippen molar-refractivity contribution in [1.82, 2.24) is 0 Å². The second kappa shape index (κ2) is 63.0. The molecule has 0 N–H and O–H groups in total. The largest absolute Gasteiger partial charge is 2.00 e. The van der Waals surface area contributed by atoms with Gasteiger partial charge in [-0.25, -0.2) is 0 Å². The number of rotatable bonds is 0. The molecule has 0 saturated carbocycles. The van der Waals surface area contributed by atoms with Crippen LogP contribution in [0.1, 0.15) is 0 Å². The molecule has 0 aliphatic carbocycles. The molecular weight excluding hydrogens is 347 g/mol. The van der Waals surface area contributed by atoms with Crippen LogP contribution in [0.3, 0.4) is 0 Å². The molecule has 0 bridgehead atoms. The van der Waals surface area contributed by atoms with Gasteiger partial charge in [-0.3, -0.25) is 14.7 Å². The summed E-state index contributed by atoms with van der Waals surface area (Å²) in [6.07, 6.45) is 0. The second-order valence-electron chi connectivity index (χ2n) is 0.268. The molecule has 0 atom stereocenters. The Morgan fingerprint density at radius 1 is 0.545 bits per heavy atom. The van der Waals surface area contributed by atoms with Crippen molar-refractivity contribution < 1.29 is 68.9 Å². The Morgan fingerprint density at radius 2 is 0.545 bits per heavy atom. The van der Waals surface area contributed by atoms with Gasteiger partial charge in [0.25, 0.3) is 0 Å². The Bertz CT molecular complexity index is 101. The van der Waals surface area contributed by atoms with E-state index in [1.165, 1.54) is 14.7 Å². The first-order valence-corrected chi connectivity index (χ1v) is 1.20. The molecule has 0 aromatic heterocycles. The fourth-order valence-corrected chi connectivity index (χ4v) is 0. The molecule has 0 heterocycles. The van der Waals surface area contributed by atoms with Crippen molar-refractivity contribution in [1.29, 1.82) is 0 Å². The van der Waals surface area contributed by atoms with E-state index in [4.69, 9.17) is 33.2 Å². The normalized spacial score (nSPS) is 2.18. The van der Waals surface area contributed by atoms with Crippen molar-refractivity contribution in [3.8, 4) is 0 Å². The first-order valence-electron chi connectivity index (χ1n) is 1.20. The predicted molar refractivity (Wildman–Crippen MR) is 36.0 cm³/mol. The molecule has 0 radical (unpaired) electrons. The first-order chi connectivity index (χ1) is 4.24. The maximum atomic E-state index is 6.75. The van der Waals surface area contributed by atoms with Crippen molar-refractivity contribution in [3.05, 3.63) is 47.9 Å². The Balaban J connectivity index is -0.0000000150. The zero-order valence-corrected chi connectivity index (χ0v) is 15.5. The van der Waals surface area contributed by atoms with Crippen LogP contribution in [-0.2, 0) is 0 Å². The molecule has 11 heavy (non-hydrogen) atoms. The van der Waals surface area contributed by atoms with E-state index in [1.807, 2.05) is 0 Å². The van der Waals surface area contributed by atoms with E-state index in [0.29, 0.717) is 0 Å². The first kappa shape index (κ1) is 29.4. The summed E-state index contributed by atoms with van der Waals surface area (Å²) < 4.78 is 0. The van der Waals surface area contributed by atoms with Gasteiger partial charge < -0.3 is 33.2 Å². The second-order valence-corrected chi connectivity index (χ2v) is 0.268. The van der Waals surface area contributed by atoms with Gasteiger partial charge in [0.1, 0.15) is 0 Å². The van der Waals surface area contributed by atoms with Gasteiger partial charge in [0.05, 0.1) is 0 Å². The topological polar surface area (TPSA) is 176 Å². The molecule has 0 fully saturated rings. The van der Waals surface area contributed by atoms with Crippen LogP contribution in [0.15, 0.2) is 0 Å². The van der Waals surface area contributed by atoms with Crippen molar-refractivity contribution in [3.63, 3.8) is 0 Å². The fourth-order valence-electron chi connectivity index (χ4n) is 0. The summed E-state index contributed by atoms with van der Waals surface area (Å²) in [5.74, 6) is 0. The Labute approximate surface area is 158 Å². The molecule has 48 valence electrons. The fraction of sp³-hybridized carbons (Fsp3) is 0. The molecule has 0 saturated heterocycles. The minimum absolute atomic E-state index is 0. The monoisotopic (exact) mass is 347 g/mol. The third kappa shape index (κ3) is 480. The summed E-state index contributed by atoms with van der Waals surface area (Å²) in [7, 11) is 0. The van der Waals surface area contributed by atoms with Crippen LogP contribution in [0, 0.1) is 0 Å². The van der Waals surface area contributed by atoms with Gasteiger partial charge >= 0.3 is 114 Å². The van der Waals surface area contributed by atoms with Gasteiger partial charge in [0, 0.05) is 0 Å². The average Bonchev–Trinajstić information content (AvgIpc) is 1.70. The van der Waals surface area contributed by atoms with E-state index in [-0.39, 0.29) is 114 Å². The van der Waals surface area contributed by atoms with Crippen LogP contribution in [-0.4, -0.2) is 45.5 Å².